The third-order valence-electron chi connectivity index (χ3n) is 6.52. The van der Waals surface area contributed by atoms with Crippen molar-refractivity contribution in [3.8, 4) is 5.06 Å². The number of allylic oxidation sites excluding steroid dienone is 1. The van der Waals surface area contributed by atoms with E-state index in [1.807, 2.05) is 37.4 Å². The van der Waals surface area contributed by atoms with Crippen LogP contribution in [0.2, 0.25) is 0 Å². The Morgan fingerprint density at radius 3 is 2.97 bits per heavy atom. The molecule has 0 saturated carbocycles. The van der Waals surface area contributed by atoms with Crippen LogP contribution in [0.4, 0.5) is 14.5 Å². The number of anilines is 1. The summed E-state index contributed by atoms with van der Waals surface area (Å²) in [7, 11) is 3.52. The minimum atomic E-state index is -2.69. The van der Waals surface area contributed by atoms with Gasteiger partial charge in [0.15, 0.2) is 5.06 Å². The van der Waals surface area contributed by atoms with Gasteiger partial charge in [0.1, 0.15) is 6.10 Å². The smallest absolute Gasteiger partial charge is 0.265 e. The lowest BCUT2D eigenvalue weighted by molar-refractivity contribution is -0.0803. The van der Waals surface area contributed by atoms with Crippen molar-refractivity contribution in [1.29, 1.82) is 0 Å². The molecule has 0 aromatic carbocycles. The molecule has 33 heavy (non-hydrogen) atoms. The number of nitrogens with one attached hydrogen (secondary N) is 2. The number of piperidine rings is 1. The monoisotopic (exact) mass is 474 g/mol. The summed E-state index contributed by atoms with van der Waals surface area (Å²) in [5.41, 5.74) is 6.65. The fourth-order valence-electron chi connectivity index (χ4n) is 4.79. The van der Waals surface area contributed by atoms with Gasteiger partial charge in [0, 0.05) is 43.7 Å². The Morgan fingerprint density at radius 2 is 2.24 bits per heavy atom. The molecule has 2 fully saturated rings. The number of halogens is 2. The molecule has 3 unspecified atom stereocenters. The van der Waals surface area contributed by atoms with Crippen molar-refractivity contribution >= 4 is 32.8 Å². The molecule has 2 saturated heterocycles. The molecule has 3 atom stereocenters. The van der Waals surface area contributed by atoms with Crippen LogP contribution in [0.5, 0.6) is 5.06 Å². The Hall–Kier alpha value is -2.29. The number of ether oxygens (including phenoxy) is 2. The molecular formula is C24H28F2N4O2S. The van der Waals surface area contributed by atoms with E-state index in [-0.39, 0.29) is 18.6 Å². The quantitative estimate of drug-likeness (QED) is 0.475. The molecule has 0 radical (unpaired) electrons. The number of rotatable bonds is 7. The Labute approximate surface area is 196 Å². The van der Waals surface area contributed by atoms with Crippen molar-refractivity contribution in [1.82, 2.24) is 15.6 Å². The summed E-state index contributed by atoms with van der Waals surface area (Å²) in [6, 6.07) is 3.91. The van der Waals surface area contributed by atoms with Gasteiger partial charge in [-0.25, -0.2) is 13.8 Å². The highest BCUT2D eigenvalue weighted by Gasteiger charge is 2.51. The number of likely N-dealkylation sites (N-methyl/N-ethyl adjacent to an activating group) is 1. The maximum absolute atomic E-state index is 14.6. The van der Waals surface area contributed by atoms with E-state index in [2.05, 4.69) is 21.3 Å². The number of methoxy groups -OCH3 is 1. The summed E-state index contributed by atoms with van der Waals surface area (Å²) in [5, 5.41) is 6.71. The predicted molar refractivity (Wildman–Crippen MR) is 127 cm³/mol. The van der Waals surface area contributed by atoms with Crippen LogP contribution >= 0.6 is 11.3 Å². The van der Waals surface area contributed by atoms with Crippen LogP contribution in [0.3, 0.4) is 0 Å². The minimum absolute atomic E-state index is 0.0773. The molecule has 2 aromatic heterocycles. The van der Waals surface area contributed by atoms with Gasteiger partial charge >= 0.3 is 0 Å². The second kappa shape index (κ2) is 9.16. The summed E-state index contributed by atoms with van der Waals surface area (Å²) < 4.78 is 41.3. The molecule has 6 nitrogen and oxygen atoms in total. The number of hydrogen-bond donors (Lipinski definition) is 2. The van der Waals surface area contributed by atoms with Crippen LogP contribution in [-0.4, -0.2) is 70.5 Å². The second-order valence-corrected chi connectivity index (χ2v) is 9.71. The fourth-order valence-corrected chi connectivity index (χ4v) is 5.75. The molecule has 9 heteroatoms. The van der Waals surface area contributed by atoms with E-state index in [0.717, 1.165) is 38.8 Å². The van der Waals surface area contributed by atoms with Crippen LogP contribution < -0.4 is 20.3 Å². The number of hydrogen-bond acceptors (Lipinski definition) is 7. The first-order valence-electron chi connectivity index (χ1n) is 11.2. The summed E-state index contributed by atoms with van der Waals surface area (Å²) in [5.74, 6) is -3.41. The lowest BCUT2D eigenvalue weighted by Crippen LogP contribution is -2.50. The highest BCUT2D eigenvalue weighted by atomic mass is 32.1. The van der Waals surface area contributed by atoms with Crippen molar-refractivity contribution < 1.29 is 18.3 Å². The van der Waals surface area contributed by atoms with Gasteiger partial charge in [0.2, 0.25) is 0 Å². The average Bonchev–Trinajstić information content (AvgIpc) is 3.44. The van der Waals surface area contributed by atoms with Gasteiger partial charge in [0.25, 0.3) is 5.92 Å². The molecule has 0 amide bonds. The average molecular weight is 475 g/mol. The number of pyridine rings is 1. The standard InChI is InChI=1S/C24H28F2N4O2S/c1-27-7-8-32-17-5-3-15(4-6-17)19-9-21(23-20(29-19)10-22(31-2)33-23)30-12-16-11-28-14-24(25,26)18(16)13-30/h3,5-6,9-10,16-18,27-28H,7-8,11-14H2,1-2H3. The van der Waals surface area contributed by atoms with E-state index < -0.39 is 11.8 Å². The van der Waals surface area contributed by atoms with Crippen LogP contribution in [0.1, 0.15) is 5.69 Å². The number of alkyl halides is 2. The predicted octanol–water partition coefficient (Wildman–Crippen LogP) is 3.31. The van der Waals surface area contributed by atoms with Crippen molar-refractivity contribution in [2.45, 2.75) is 12.0 Å². The van der Waals surface area contributed by atoms with Gasteiger partial charge in [-0.1, -0.05) is 17.4 Å². The van der Waals surface area contributed by atoms with E-state index >= 15 is 0 Å². The SMILES string of the molecule is CNCCOC1C=C=C(c2cc(N3CC4CNCC(F)(F)C4C3)c3sc(OC)cc3n2)C=C1. The van der Waals surface area contributed by atoms with Crippen LogP contribution in [0.25, 0.3) is 15.8 Å². The van der Waals surface area contributed by atoms with Crippen LogP contribution in [0, 0.1) is 11.8 Å². The van der Waals surface area contributed by atoms with Gasteiger partial charge in [-0.2, -0.15) is 0 Å². The zero-order valence-corrected chi connectivity index (χ0v) is 19.6. The summed E-state index contributed by atoms with van der Waals surface area (Å²) in [6.07, 6.45) is 5.72. The van der Waals surface area contributed by atoms with Crippen LogP contribution in [0.15, 0.2) is 36.1 Å². The lowest BCUT2D eigenvalue weighted by Gasteiger charge is -2.32. The second-order valence-electron chi connectivity index (χ2n) is 8.70. The van der Waals surface area contributed by atoms with Gasteiger partial charge < -0.3 is 25.0 Å². The highest BCUT2D eigenvalue weighted by Crippen LogP contribution is 2.44. The molecule has 4 heterocycles. The lowest BCUT2D eigenvalue weighted by atomic mass is 9.87. The molecule has 2 aromatic rings. The van der Waals surface area contributed by atoms with Crippen molar-refractivity contribution in [3.05, 3.63) is 41.8 Å². The van der Waals surface area contributed by atoms with E-state index in [9.17, 15) is 8.78 Å². The minimum Gasteiger partial charge on any atom is -0.487 e. The summed E-state index contributed by atoms with van der Waals surface area (Å²) in [6.45, 7) is 2.70. The van der Waals surface area contributed by atoms with E-state index in [4.69, 9.17) is 14.5 Å². The molecule has 3 aliphatic rings. The molecule has 176 valence electrons. The first-order valence-corrected chi connectivity index (χ1v) is 12.0. The molecule has 1 aliphatic carbocycles. The molecule has 2 aliphatic heterocycles. The maximum Gasteiger partial charge on any atom is 0.265 e. The Bertz CT molecular complexity index is 1130. The Kier molecular flexibility index (Phi) is 6.24. The molecule has 0 spiro atoms. The topological polar surface area (TPSA) is 58.7 Å². The van der Waals surface area contributed by atoms with E-state index in [1.165, 1.54) is 11.3 Å². The van der Waals surface area contributed by atoms with Gasteiger partial charge in [-0.05, 0) is 31.2 Å². The molecule has 0 bridgehead atoms. The van der Waals surface area contributed by atoms with Gasteiger partial charge in [-0.15, -0.1) is 5.73 Å². The normalized spacial score (nSPS) is 26.0. The summed E-state index contributed by atoms with van der Waals surface area (Å²) >= 11 is 1.50. The molecule has 5 rings (SSSR count). The fraction of sp³-hybridized carbons (Fsp3) is 0.500. The van der Waals surface area contributed by atoms with Gasteiger partial charge in [0.05, 0.1) is 41.9 Å². The number of fused-ring (bicyclic) bond motifs is 2. The Balaban J connectivity index is 1.49. The number of thiophene rings is 1. The third-order valence-corrected chi connectivity index (χ3v) is 7.63. The highest BCUT2D eigenvalue weighted by molar-refractivity contribution is 7.21. The first kappa shape index (κ1) is 22.5. The number of nitrogens with zero attached hydrogens (tertiary/aromatic N) is 2. The van der Waals surface area contributed by atoms with E-state index in [1.54, 1.807) is 7.11 Å². The zero-order valence-electron chi connectivity index (χ0n) is 18.7. The zero-order chi connectivity index (χ0) is 23.0. The summed E-state index contributed by atoms with van der Waals surface area (Å²) in [4.78, 5) is 6.94. The van der Waals surface area contributed by atoms with Gasteiger partial charge in [-0.3, -0.25) is 0 Å². The Morgan fingerprint density at radius 1 is 1.36 bits per heavy atom. The first-order chi connectivity index (χ1) is 16.0. The number of aromatic nitrogens is 1. The van der Waals surface area contributed by atoms with Crippen molar-refractivity contribution in [2.75, 3.05) is 58.4 Å². The maximum atomic E-state index is 14.6. The van der Waals surface area contributed by atoms with E-state index in [0.29, 0.717) is 26.2 Å². The van der Waals surface area contributed by atoms with Crippen molar-refractivity contribution in [2.24, 2.45) is 11.8 Å². The van der Waals surface area contributed by atoms with Crippen molar-refractivity contribution in [3.63, 3.8) is 0 Å². The third kappa shape index (κ3) is 4.44. The largest absolute Gasteiger partial charge is 0.487 e. The molecular weight excluding hydrogens is 446 g/mol. The molecule has 2 N–H and O–H groups in total. The van der Waals surface area contributed by atoms with Crippen LogP contribution in [-0.2, 0) is 4.74 Å².